The summed E-state index contributed by atoms with van der Waals surface area (Å²) in [4.78, 5) is 32.9. The molecule has 9 heteroatoms. The molecule has 1 atom stereocenters. The van der Waals surface area contributed by atoms with Gasteiger partial charge < -0.3 is 9.84 Å². The summed E-state index contributed by atoms with van der Waals surface area (Å²) >= 11 is 9.62. The highest BCUT2D eigenvalue weighted by atomic mass is 127. The number of carbonyl (C=O) groups excluding carboxylic acids is 2. The summed E-state index contributed by atoms with van der Waals surface area (Å²) in [7, 11) is 0. The third-order valence-corrected chi connectivity index (χ3v) is 8.02. The molecule has 1 N–H and O–H groups in total. The Kier molecular flexibility index (Phi) is 7.50. The van der Waals surface area contributed by atoms with Gasteiger partial charge in [-0.1, -0.05) is 60.5 Å². The number of ketones is 1. The Balaban J connectivity index is 1.64. The number of Topliss-reactive ketones (excluding diaryl/α,β-unsaturated/α-hetero) is 1. The van der Waals surface area contributed by atoms with E-state index >= 15 is 0 Å². The van der Waals surface area contributed by atoms with Crippen molar-refractivity contribution in [1.82, 2.24) is 4.98 Å². The van der Waals surface area contributed by atoms with Crippen LogP contribution >= 0.6 is 45.5 Å². The number of aliphatic hydroxyl groups excluding tert-OH is 1. The fraction of sp³-hybridized carbons (Fsp3) is 0.179. The molecule has 1 aliphatic rings. The van der Waals surface area contributed by atoms with E-state index < -0.39 is 17.7 Å². The minimum atomic E-state index is -0.849. The van der Waals surface area contributed by atoms with E-state index in [0.29, 0.717) is 39.2 Å². The lowest BCUT2D eigenvalue weighted by Gasteiger charge is -2.23. The van der Waals surface area contributed by atoms with Gasteiger partial charge in [0.2, 0.25) is 0 Å². The predicted molar refractivity (Wildman–Crippen MR) is 155 cm³/mol. The summed E-state index contributed by atoms with van der Waals surface area (Å²) in [6.07, 6.45) is 1.90. The lowest BCUT2D eigenvalue weighted by Crippen LogP contribution is -2.29. The molecule has 0 spiro atoms. The van der Waals surface area contributed by atoms with E-state index in [2.05, 4.69) is 34.5 Å². The Bertz CT molecular complexity index is 1530. The van der Waals surface area contributed by atoms with Gasteiger partial charge in [0, 0.05) is 14.2 Å². The van der Waals surface area contributed by atoms with Crippen molar-refractivity contribution in [3.63, 3.8) is 0 Å². The number of unbranched alkanes of at least 4 members (excludes halogenated alkanes) is 1. The Labute approximate surface area is 236 Å². The number of carbonyl (C=O) groups is 2. The third-order valence-electron chi connectivity index (χ3n) is 6.05. The van der Waals surface area contributed by atoms with Crippen LogP contribution in [0.5, 0.6) is 5.75 Å². The second-order valence-electron chi connectivity index (χ2n) is 8.56. The van der Waals surface area contributed by atoms with Crippen LogP contribution in [0, 0.1) is 3.57 Å². The van der Waals surface area contributed by atoms with Crippen molar-refractivity contribution in [3.8, 4) is 5.75 Å². The number of hydrogen-bond donors (Lipinski definition) is 1. The number of aliphatic hydroxyl groups is 1. The maximum Gasteiger partial charge on any atom is 0.301 e. The van der Waals surface area contributed by atoms with Gasteiger partial charge in [0.05, 0.1) is 28.4 Å². The van der Waals surface area contributed by atoms with Crippen LogP contribution in [0.15, 0.2) is 72.3 Å². The molecular formula is C28H22ClIN2O4S. The van der Waals surface area contributed by atoms with Gasteiger partial charge in [0.25, 0.3) is 5.78 Å². The number of thiazole rings is 1. The van der Waals surface area contributed by atoms with Crippen LogP contribution in [-0.4, -0.2) is 28.4 Å². The van der Waals surface area contributed by atoms with Crippen molar-refractivity contribution < 1.29 is 19.4 Å². The van der Waals surface area contributed by atoms with Crippen molar-refractivity contribution in [1.29, 1.82) is 0 Å². The first-order valence-corrected chi connectivity index (χ1v) is 14.0. The number of halogens is 2. The van der Waals surface area contributed by atoms with Gasteiger partial charge in [-0.05, 0) is 77.0 Å². The number of anilines is 1. The first-order valence-electron chi connectivity index (χ1n) is 11.7. The molecule has 1 saturated heterocycles. The number of amides is 1. The average Bonchev–Trinajstić information content (AvgIpc) is 3.42. The molecule has 0 saturated carbocycles. The molecule has 1 aromatic heterocycles. The average molecular weight is 645 g/mol. The minimum absolute atomic E-state index is 0.00852. The number of nitrogens with zero attached hydrogens (tertiary/aromatic N) is 2. The number of hydrogen-bond acceptors (Lipinski definition) is 6. The summed E-state index contributed by atoms with van der Waals surface area (Å²) < 4.78 is 7.59. The van der Waals surface area contributed by atoms with E-state index in [9.17, 15) is 14.7 Å². The molecule has 3 aromatic carbocycles. The monoisotopic (exact) mass is 644 g/mol. The first-order chi connectivity index (χ1) is 17.9. The molecule has 37 heavy (non-hydrogen) atoms. The van der Waals surface area contributed by atoms with Crippen molar-refractivity contribution in [2.75, 3.05) is 11.5 Å². The van der Waals surface area contributed by atoms with Crippen LogP contribution in [0.1, 0.15) is 36.9 Å². The molecule has 1 aliphatic heterocycles. The van der Waals surface area contributed by atoms with Gasteiger partial charge in [-0.2, -0.15) is 0 Å². The zero-order valence-corrected chi connectivity index (χ0v) is 23.5. The predicted octanol–water partition coefficient (Wildman–Crippen LogP) is 7.36. The number of aromatic nitrogens is 1. The van der Waals surface area contributed by atoms with E-state index in [0.717, 1.165) is 21.1 Å². The first kappa shape index (κ1) is 25.7. The normalized spacial score (nSPS) is 17.1. The van der Waals surface area contributed by atoms with Crippen LogP contribution in [-0.2, 0) is 9.59 Å². The topological polar surface area (TPSA) is 79.7 Å². The zero-order chi connectivity index (χ0) is 26.1. The van der Waals surface area contributed by atoms with Crippen LogP contribution < -0.4 is 9.64 Å². The Morgan fingerprint density at radius 1 is 1.14 bits per heavy atom. The number of fused-ring (bicyclic) bond motifs is 1. The molecular weight excluding hydrogens is 623 g/mol. The van der Waals surface area contributed by atoms with Gasteiger partial charge >= 0.3 is 5.91 Å². The molecule has 188 valence electrons. The molecule has 0 aliphatic carbocycles. The number of ether oxygens (including phenoxy) is 1. The SMILES string of the molecule is CCCCOc1cccc(/C(O)=C2\C(=O)C(=O)N(c3nc4ccc(Cl)cc4s3)C2c2ccc(I)cc2)c1. The van der Waals surface area contributed by atoms with Crippen LogP contribution in [0.25, 0.3) is 16.0 Å². The van der Waals surface area contributed by atoms with Crippen molar-refractivity contribution in [2.45, 2.75) is 25.8 Å². The second kappa shape index (κ2) is 10.8. The van der Waals surface area contributed by atoms with Gasteiger partial charge in [0.1, 0.15) is 11.5 Å². The largest absolute Gasteiger partial charge is 0.507 e. The molecule has 1 fully saturated rings. The highest BCUT2D eigenvalue weighted by Crippen LogP contribution is 2.44. The van der Waals surface area contributed by atoms with Crippen LogP contribution in [0.2, 0.25) is 5.02 Å². The fourth-order valence-electron chi connectivity index (χ4n) is 4.20. The minimum Gasteiger partial charge on any atom is -0.507 e. The Morgan fingerprint density at radius 2 is 1.92 bits per heavy atom. The molecule has 2 heterocycles. The lowest BCUT2D eigenvalue weighted by atomic mass is 9.95. The van der Waals surface area contributed by atoms with E-state index in [1.807, 2.05) is 24.3 Å². The molecule has 1 amide bonds. The fourth-order valence-corrected chi connectivity index (χ4v) is 5.83. The van der Waals surface area contributed by atoms with Crippen molar-refractivity contribution in [3.05, 3.63) is 92.0 Å². The van der Waals surface area contributed by atoms with Gasteiger partial charge in [-0.3, -0.25) is 14.5 Å². The van der Waals surface area contributed by atoms with E-state index in [1.54, 1.807) is 42.5 Å². The molecule has 0 radical (unpaired) electrons. The highest BCUT2D eigenvalue weighted by molar-refractivity contribution is 14.1. The van der Waals surface area contributed by atoms with Crippen LogP contribution in [0.4, 0.5) is 5.13 Å². The van der Waals surface area contributed by atoms with E-state index in [1.165, 1.54) is 16.2 Å². The van der Waals surface area contributed by atoms with Gasteiger partial charge in [-0.25, -0.2) is 4.98 Å². The second-order valence-corrected chi connectivity index (χ2v) is 11.3. The summed E-state index contributed by atoms with van der Waals surface area (Å²) in [5.74, 6) is -1.18. The smallest absolute Gasteiger partial charge is 0.301 e. The zero-order valence-electron chi connectivity index (χ0n) is 19.8. The molecule has 4 aromatic rings. The summed E-state index contributed by atoms with van der Waals surface area (Å²) in [5.41, 5.74) is 1.77. The van der Waals surface area contributed by atoms with Crippen LogP contribution in [0.3, 0.4) is 0 Å². The maximum atomic E-state index is 13.4. The van der Waals surface area contributed by atoms with Crippen molar-refractivity contribution >= 4 is 78.3 Å². The number of rotatable bonds is 7. The highest BCUT2D eigenvalue weighted by Gasteiger charge is 2.48. The molecule has 5 rings (SSSR count). The van der Waals surface area contributed by atoms with E-state index in [-0.39, 0.29) is 11.3 Å². The maximum absolute atomic E-state index is 13.4. The third kappa shape index (κ3) is 5.10. The summed E-state index contributed by atoms with van der Waals surface area (Å²) in [6, 6.07) is 18.9. The summed E-state index contributed by atoms with van der Waals surface area (Å²) in [5, 5.41) is 12.3. The van der Waals surface area contributed by atoms with Gasteiger partial charge in [0.15, 0.2) is 5.13 Å². The van der Waals surface area contributed by atoms with Crippen molar-refractivity contribution in [2.24, 2.45) is 0 Å². The quantitative estimate of drug-likeness (QED) is 0.0748. The van der Waals surface area contributed by atoms with Gasteiger partial charge in [-0.15, -0.1) is 0 Å². The standard InChI is InChI=1S/C28H22ClIN2O4S/c1-2-3-13-36-20-6-4-5-17(14-20)25(33)23-24(16-7-10-19(30)11-8-16)32(27(35)26(23)34)28-31-21-12-9-18(29)15-22(21)37-28/h4-12,14-15,24,33H,2-3,13H2,1H3/b25-23+. The Morgan fingerprint density at radius 3 is 2.68 bits per heavy atom. The number of benzene rings is 3. The molecule has 6 nitrogen and oxygen atoms in total. The molecule has 1 unspecified atom stereocenters. The Hall–Kier alpha value is -2.95. The lowest BCUT2D eigenvalue weighted by molar-refractivity contribution is -0.132. The molecule has 0 bridgehead atoms. The van der Waals surface area contributed by atoms with E-state index in [4.69, 9.17) is 16.3 Å². The summed E-state index contributed by atoms with van der Waals surface area (Å²) in [6.45, 7) is 2.63.